The van der Waals surface area contributed by atoms with E-state index in [1.165, 1.54) is 28.5 Å². The first-order valence-corrected chi connectivity index (χ1v) is 11.0. The van der Waals surface area contributed by atoms with Crippen molar-refractivity contribution < 1.29 is 0 Å². The molecule has 158 valence electrons. The summed E-state index contributed by atoms with van der Waals surface area (Å²) in [5, 5.41) is 10.0. The third kappa shape index (κ3) is 5.62. The third-order valence-corrected chi connectivity index (χ3v) is 5.80. The molecule has 0 aliphatic heterocycles. The number of nitrogens with one attached hydrogen (secondary N) is 2. The molecule has 1 aromatic heterocycles. The lowest BCUT2D eigenvalue weighted by Crippen LogP contribution is -2.39. The van der Waals surface area contributed by atoms with Gasteiger partial charge in [0.2, 0.25) is 0 Å². The molecular formula is C24H31N5S. The summed E-state index contributed by atoms with van der Waals surface area (Å²) in [7, 11) is 6.02. The number of hydrogen-bond donors (Lipinski definition) is 2. The van der Waals surface area contributed by atoms with Gasteiger partial charge in [0.05, 0.1) is 6.54 Å². The minimum Gasteiger partial charge on any atom is -0.377 e. The highest BCUT2D eigenvalue weighted by atomic mass is 32.1. The van der Waals surface area contributed by atoms with Crippen molar-refractivity contribution in [1.82, 2.24) is 20.8 Å². The van der Waals surface area contributed by atoms with E-state index in [0.717, 1.165) is 17.0 Å². The number of benzene rings is 1. The molecule has 1 fully saturated rings. The van der Waals surface area contributed by atoms with Crippen LogP contribution < -0.4 is 10.9 Å². The van der Waals surface area contributed by atoms with Crippen molar-refractivity contribution in [3.05, 3.63) is 83.9 Å². The Morgan fingerprint density at radius 3 is 2.70 bits per heavy atom. The lowest BCUT2D eigenvalue weighted by Gasteiger charge is -2.22. The van der Waals surface area contributed by atoms with Gasteiger partial charge >= 0.3 is 0 Å². The van der Waals surface area contributed by atoms with Crippen LogP contribution in [0.3, 0.4) is 0 Å². The Kier molecular flexibility index (Phi) is 7.49. The van der Waals surface area contributed by atoms with Gasteiger partial charge < -0.3 is 15.8 Å². The smallest absolute Gasteiger partial charge is 0.169 e. The second-order valence-electron chi connectivity index (χ2n) is 7.55. The van der Waals surface area contributed by atoms with Crippen LogP contribution in [-0.2, 0) is 6.54 Å². The molecule has 0 atom stereocenters. The maximum Gasteiger partial charge on any atom is 0.169 e. The topological polar surface area (TPSA) is 42.9 Å². The monoisotopic (exact) mass is 421 g/mol. The first-order valence-electron chi connectivity index (χ1n) is 10.1. The molecule has 1 aliphatic rings. The van der Waals surface area contributed by atoms with Gasteiger partial charge in [-0.15, -0.1) is 11.3 Å². The molecule has 0 radical (unpaired) electrons. The summed E-state index contributed by atoms with van der Waals surface area (Å²) in [5.41, 5.74) is 9.77. The van der Waals surface area contributed by atoms with E-state index in [1.54, 1.807) is 17.4 Å². The van der Waals surface area contributed by atoms with Gasteiger partial charge in [0.25, 0.3) is 0 Å². The number of hydrogen-bond acceptors (Lipinski definition) is 5. The summed E-state index contributed by atoms with van der Waals surface area (Å²) < 4.78 is 1.29. The zero-order chi connectivity index (χ0) is 21.5. The molecule has 0 unspecified atom stereocenters. The Morgan fingerprint density at radius 1 is 1.23 bits per heavy atom. The maximum absolute atomic E-state index is 4.73. The minimum absolute atomic E-state index is 0.597. The SMILES string of the molecule is C=C\C=C(C=C)/C(=C\N(C)C1CC1)C(=N/NCc1cccc2sccc12)/NN(C)C. The van der Waals surface area contributed by atoms with E-state index in [-0.39, 0.29) is 0 Å². The second-order valence-corrected chi connectivity index (χ2v) is 8.50. The quantitative estimate of drug-likeness (QED) is 0.254. The van der Waals surface area contributed by atoms with Crippen LogP contribution >= 0.6 is 11.3 Å². The van der Waals surface area contributed by atoms with Crippen molar-refractivity contribution in [3.63, 3.8) is 0 Å². The molecule has 0 spiro atoms. The normalized spacial score (nSPS) is 15.4. The minimum atomic E-state index is 0.597. The number of hydrazine groups is 1. The van der Waals surface area contributed by atoms with Crippen LogP contribution in [-0.4, -0.2) is 42.9 Å². The number of nitrogens with zero attached hydrogens (tertiary/aromatic N) is 3. The van der Waals surface area contributed by atoms with Gasteiger partial charge in [-0.1, -0.05) is 43.5 Å². The molecule has 1 saturated carbocycles. The van der Waals surface area contributed by atoms with E-state index in [4.69, 9.17) is 5.10 Å². The molecule has 0 bridgehead atoms. The predicted octanol–water partition coefficient (Wildman–Crippen LogP) is 4.65. The highest BCUT2D eigenvalue weighted by Crippen LogP contribution is 2.27. The summed E-state index contributed by atoms with van der Waals surface area (Å²) in [6.07, 6.45) is 10.2. The summed E-state index contributed by atoms with van der Waals surface area (Å²) in [6, 6.07) is 9.15. The van der Waals surface area contributed by atoms with Gasteiger partial charge in [-0.3, -0.25) is 0 Å². The molecule has 30 heavy (non-hydrogen) atoms. The van der Waals surface area contributed by atoms with Crippen LogP contribution in [0.4, 0.5) is 0 Å². The summed E-state index contributed by atoms with van der Waals surface area (Å²) in [5.74, 6) is 0.734. The summed E-state index contributed by atoms with van der Waals surface area (Å²) in [4.78, 5) is 2.26. The average molecular weight is 422 g/mol. The standard InChI is InChI=1S/C24H31N5S/c1-6-9-18(7-2)22(17-29(5)20-12-13-20)24(27-28(3)4)26-25-16-19-10-8-11-23-21(19)14-15-30-23/h6-11,14-15,17,20,25H,1-2,12-13,16H2,3-5H3,(H,26,27)/b18-9-,22-17+. The Hall–Kier alpha value is -2.83. The van der Waals surface area contributed by atoms with Crippen LogP contribution in [0, 0.1) is 0 Å². The van der Waals surface area contributed by atoms with Crippen molar-refractivity contribution in [3.8, 4) is 0 Å². The van der Waals surface area contributed by atoms with Crippen molar-refractivity contribution in [2.75, 3.05) is 21.1 Å². The van der Waals surface area contributed by atoms with E-state index in [0.29, 0.717) is 12.6 Å². The molecule has 0 saturated heterocycles. The average Bonchev–Trinajstić information content (AvgIpc) is 3.46. The van der Waals surface area contributed by atoms with Gasteiger partial charge in [0.1, 0.15) is 0 Å². The molecule has 1 heterocycles. The van der Waals surface area contributed by atoms with Crippen molar-refractivity contribution in [2.45, 2.75) is 25.4 Å². The van der Waals surface area contributed by atoms with Crippen LogP contribution in [0.1, 0.15) is 18.4 Å². The van der Waals surface area contributed by atoms with Gasteiger partial charge in [-0.05, 0) is 46.9 Å². The van der Waals surface area contributed by atoms with Crippen LogP contribution in [0.25, 0.3) is 10.1 Å². The number of thiophene rings is 1. The molecule has 2 N–H and O–H groups in total. The van der Waals surface area contributed by atoms with E-state index in [2.05, 4.69) is 71.8 Å². The molecule has 2 aromatic rings. The molecule has 1 aliphatic carbocycles. The van der Waals surface area contributed by atoms with E-state index in [1.807, 2.05) is 31.3 Å². The fourth-order valence-corrected chi connectivity index (χ4v) is 4.06. The fraction of sp³-hybridized carbons (Fsp3) is 0.292. The predicted molar refractivity (Wildman–Crippen MR) is 130 cm³/mol. The number of hydrazone groups is 1. The summed E-state index contributed by atoms with van der Waals surface area (Å²) in [6.45, 7) is 8.49. The van der Waals surface area contributed by atoms with Gasteiger partial charge in [-0.25, -0.2) is 5.01 Å². The van der Waals surface area contributed by atoms with Crippen molar-refractivity contribution >= 4 is 27.3 Å². The molecule has 6 heteroatoms. The number of fused-ring (bicyclic) bond motifs is 1. The maximum atomic E-state index is 4.73. The molecular weight excluding hydrogens is 390 g/mol. The molecule has 3 rings (SSSR count). The first kappa shape index (κ1) is 21.9. The van der Waals surface area contributed by atoms with Gasteiger partial charge in [-0.2, -0.15) is 5.10 Å². The van der Waals surface area contributed by atoms with Crippen molar-refractivity contribution in [1.29, 1.82) is 0 Å². The lowest BCUT2D eigenvalue weighted by molar-refractivity contribution is 0.360. The van der Waals surface area contributed by atoms with Crippen LogP contribution in [0.5, 0.6) is 0 Å². The highest BCUT2D eigenvalue weighted by Gasteiger charge is 2.25. The Bertz CT molecular complexity index is 978. The lowest BCUT2D eigenvalue weighted by atomic mass is 10.1. The largest absolute Gasteiger partial charge is 0.377 e. The Morgan fingerprint density at radius 2 is 2.03 bits per heavy atom. The Labute approximate surface area is 183 Å². The third-order valence-electron chi connectivity index (χ3n) is 4.92. The van der Waals surface area contributed by atoms with Gasteiger partial charge in [0, 0.05) is 43.7 Å². The number of rotatable bonds is 10. The van der Waals surface area contributed by atoms with Gasteiger partial charge in [0.15, 0.2) is 5.84 Å². The van der Waals surface area contributed by atoms with E-state index < -0.39 is 0 Å². The highest BCUT2D eigenvalue weighted by molar-refractivity contribution is 7.17. The summed E-state index contributed by atoms with van der Waals surface area (Å²) >= 11 is 1.76. The van der Waals surface area contributed by atoms with E-state index in [9.17, 15) is 0 Å². The first-order chi connectivity index (χ1) is 14.5. The fourth-order valence-electron chi connectivity index (χ4n) is 3.23. The second kappa shape index (κ2) is 10.3. The zero-order valence-electron chi connectivity index (χ0n) is 18.1. The van der Waals surface area contributed by atoms with E-state index >= 15 is 0 Å². The number of allylic oxidation sites excluding steroid dienone is 3. The molecule has 1 aromatic carbocycles. The molecule has 0 amide bonds. The van der Waals surface area contributed by atoms with Crippen LogP contribution in [0.15, 0.2) is 83.5 Å². The molecule has 5 nitrogen and oxygen atoms in total. The Balaban J connectivity index is 1.90. The van der Waals surface area contributed by atoms with Crippen LogP contribution in [0.2, 0.25) is 0 Å². The zero-order valence-corrected chi connectivity index (χ0v) is 18.9. The number of amidine groups is 1. The van der Waals surface area contributed by atoms with Crippen molar-refractivity contribution in [2.24, 2.45) is 5.10 Å².